The Morgan fingerprint density at radius 3 is 2.29 bits per heavy atom. The average Bonchev–Trinajstić information content (AvgIpc) is 3.54. The van der Waals surface area contributed by atoms with Gasteiger partial charge < -0.3 is 10.4 Å². The number of rotatable bonds is 5. The number of nitrogens with zero attached hydrogens (tertiary/aromatic N) is 7. The van der Waals surface area contributed by atoms with Crippen molar-refractivity contribution in [1.82, 2.24) is 34.5 Å². The molecule has 0 atom stereocenters. The van der Waals surface area contributed by atoms with Crippen molar-refractivity contribution >= 4 is 17.6 Å². The van der Waals surface area contributed by atoms with E-state index < -0.39 is 12.1 Å². The zero-order valence-corrected chi connectivity index (χ0v) is 20.1. The predicted molar refractivity (Wildman–Crippen MR) is 132 cm³/mol. The van der Waals surface area contributed by atoms with Gasteiger partial charge >= 0.3 is 12.1 Å². The molecule has 0 spiro atoms. The second kappa shape index (κ2) is 10.9. The van der Waals surface area contributed by atoms with Gasteiger partial charge in [-0.3, -0.25) is 0 Å². The van der Waals surface area contributed by atoms with E-state index in [1.54, 1.807) is 12.4 Å². The van der Waals surface area contributed by atoms with E-state index >= 15 is 0 Å². The minimum atomic E-state index is -5.08. The number of carboxylic acids is 1. The minimum Gasteiger partial charge on any atom is -0.475 e. The van der Waals surface area contributed by atoms with Gasteiger partial charge in [-0.1, -0.05) is 12.1 Å². The number of aromatic nitrogens is 7. The van der Waals surface area contributed by atoms with Crippen molar-refractivity contribution in [2.45, 2.75) is 20.0 Å². The van der Waals surface area contributed by atoms with Gasteiger partial charge in [0.2, 0.25) is 5.95 Å². The highest BCUT2D eigenvalue weighted by Gasteiger charge is 2.38. The molecule has 0 aliphatic carbocycles. The third-order valence-corrected chi connectivity index (χ3v) is 5.05. The van der Waals surface area contributed by atoms with Crippen LogP contribution in [-0.4, -0.2) is 51.8 Å². The molecule has 10 nitrogen and oxygen atoms in total. The summed E-state index contributed by atoms with van der Waals surface area (Å²) in [5.41, 5.74) is 4.64. The number of alkyl halides is 3. The molecule has 0 radical (unpaired) electrons. The Hall–Kier alpha value is -5.07. The van der Waals surface area contributed by atoms with E-state index in [9.17, 15) is 13.2 Å². The van der Waals surface area contributed by atoms with Crippen LogP contribution in [0.5, 0.6) is 0 Å². The molecule has 2 N–H and O–H groups in total. The van der Waals surface area contributed by atoms with Crippen molar-refractivity contribution in [1.29, 1.82) is 0 Å². The van der Waals surface area contributed by atoms with Gasteiger partial charge in [-0.2, -0.15) is 23.4 Å². The Morgan fingerprint density at radius 2 is 1.68 bits per heavy atom. The van der Waals surface area contributed by atoms with Crippen molar-refractivity contribution in [3.63, 3.8) is 0 Å². The van der Waals surface area contributed by atoms with Gasteiger partial charge in [0.05, 0.1) is 17.1 Å². The summed E-state index contributed by atoms with van der Waals surface area (Å²) in [6.45, 7) is 3.82. The number of aryl methyl sites for hydroxylation is 2. The van der Waals surface area contributed by atoms with E-state index in [1.807, 2.05) is 84.0 Å². The highest BCUT2D eigenvalue weighted by Crippen LogP contribution is 2.22. The van der Waals surface area contributed by atoms with Crippen LogP contribution in [0.15, 0.2) is 79.3 Å². The number of aliphatic carboxylic acids is 1. The maximum Gasteiger partial charge on any atom is 0.490 e. The van der Waals surface area contributed by atoms with Gasteiger partial charge in [0.1, 0.15) is 11.6 Å². The topological polar surface area (TPSA) is 124 Å². The van der Waals surface area contributed by atoms with Crippen molar-refractivity contribution in [2.24, 2.45) is 0 Å². The molecule has 0 aliphatic heterocycles. The molecule has 0 amide bonds. The molecule has 5 aromatic rings. The Bertz CT molecular complexity index is 1530. The van der Waals surface area contributed by atoms with E-state index in [0.29, 0.717) is 5.95 Å². The van der Waals surface area contributed by atoms with Gasteiger partial charge in [0.15, 0.2) is 0 Å². The number of anilines is 2. The van der Waals surface area contributed by atoms with Crippen LogP contribution >= 0.6 is 0 Å². The van der Waals surface area contributed by atoms with Crippen molar-refractivity contribution < 1.29 is 23.1 Å². The SMILES string of the molecule is Cc1nc(C)n(-c2ccc(Nc3nccc(-c4cccc(-n5cccn5)c4)n3)cc2)n1.O=C(O)C(F)(F)F. The lowest BCUT2D eigenvalue weighted by Crippen LogP contribution is -2.21. The quantitative estimate of drug-likeness (QED) is 0.334. The summed E-state index contributed by atoms with van der Waals surface area (Å²) in [6.07, 6.45) is 0.342. The fourth-order valence-corrected chi connectivity index (χ4v) is 3.39. The van der Waals surface area contributed by atoms with Gasteiger partial charge in [0.25, 0.3) is 0 Å². The lowest BCUT2D eigenvalue weighted by atomic mass is 10.1. The fourth-order valence-electron chi connectivity index (χ4n) is 3.39. The van der Waals surface area contributed by atoms with Crippen molar-refractivity contribution in [3.8, 4) is 22.6 Å². The van der Waals surface area contributed by atoms with E-state index in [4.69, 9.17) is 9.90 Å². The number of carboxylic acid groups (broad SMARTS) is 1. The molecular formula is C25H21F3N8O2. The van der Waals surface area contributed by atoms with Crippen LogP contribution in [0.1, 0.15) is 11.6 Å². The van der Waals surface area contributed by atoms with Crippen LogP contribution in [0.25, 0.3) is 22.6 Å². The highest BCUT2D eigenvalue weighted by atomic mass is 19.4. The summed E-state index contributed by atoms with van der Waals surface area (Å²) in [7, 11) is 0. The lowest BCUT2D eigenvalue weighted by Gasteiger charge is -2.09. The summed E-state index contributed by atoms with van der Waals surface area (Å²) in [4.78, 5) is 22.3. The molecule has 3 aromatic heterocycles. The number of halogens is 3. The van der Waals surface area contributed by atoms with Crippen molar-refractivity contribution in [3.05, 3.63) is 90.9 Å². The molecule has 0 saturated carbocycles. The summed E-state index contributed by atoms with van der Waals surface area (Å²) >= 11 is 0. The van der Waals surface area contributed by atoms with E-state index in [1.165, 1.54) is 0 Å². The average molecular weight is 522 g/mol. The summed E-state index contributed by atoms with van der Waals surface area (Å²) in [5.74, 6) is -0.622. The van der Waals surface area contributed by atoms with Crippen molar-refractivity contribution in [2.75, 3.05) is 5.32 Å². The maximum absolute atomic E-state index is 10.6. The third-order valence-electron chi connectivity index (χ3n) is 5.05. The number of carbonyl (C=O) groups is 1. The molecule has 5 rings (SSSR count). The number of nitrogens with one attached hydrogen (secondary N) is 1. The molecule has 0 unspecified atom stereocenters. The first-order valence-electron chi connectivity index (χ1n) is 11.1. The molecule has 3 heterocycles. The Labute approximate surface area is 214 Å². The number of hydrogen-bond donors (Lipinski definition) is 2. The summed E-state index contributed by atoms with van der Waals surface area (Å²) < 4.78 is 35.4. The van der Waals surface area contributed by atoms with Crippen LogP contribution < -0.4 is 5.32 Å². The van der Waals surface area contributed by atoms with Crippen LogP contribution in [0.2, 0.25) is 0 Å². The molecule has 0 bridgehead atoms. The molecule has 0 fully saturated rings. The summed E-state index contributed by atoms with van der Waals surface area (Å²) in [5, 5.41) is 19.1. The van der Waals surface area contributed by atoms with Gasteiger partial charge in [0, 0.05) is 29.8 Å². The molecule has 0 saturated heterocycles. The molecule has 13 heteroatoms. The van der Waals surface area contributed by atoms with E-state index in [2.05, 4.69) is 36.5 Å². The van der Waals surface area contributed by atoms with Gasteiger partial charge in [-0.15, -0.1) is 0 Å². The largest absolute Gasteiger partial charge is 0.490 e. The second-order valence-corrected chi connectivity index (χ2v) is 7.86. The molecule has 194 valence electrons. The smallest absolute Gasteiger partial charge is 0.475 e. The Morgan fingerprint density at radius 1 is 0.947 bits per heavy atom. The second-order valence-electron chi connectivity index (χ2n) is 7.86. The highest BCUT2D eigenvalue weighted by molar-refractivity contribution is 5.73. The van der Waals surface area contributed by atoms with Crippen LogP contribution in [-0.2, 0) is 4.79 Å². The lowest BCUT2D eigenvalue weighted by molar-refractivity contribution is -0.192. The Balaban J connectivity index is 0.000000426. The third kappa shape index (κ3) is 6.37. The van der Waals surface area contributed by atoms with Gasteiger partial charge in [-0.25, -0.2) is 29.1 Å². The minimum absolute atomic E-state index is 0.530. The zero-order valence-electron chi connectivity index (χ0n) is 20.1. The number of hydrogen-bond acceptors (Lipinski definition) is 7. The van der Waals surface area contributed by atoms with E-state index in [0.717, 1.165) is 40.0 Å². The van der Waals surface area contributed by atoms with E-state index in [-0.39, 0.29) is 0 Å². The summed E-state index contributed by atoms with van der Waals surface area (Å²) in [6, 6.07) is 19.8. The number of benzene rings is 2. The van der Waals surface area contributed by atoms with Crippen LogP contribution in [0.3, 0.4) is 0 Å². The zero-order chi connectivity index (χ0) is 27.3. The normalized spacial score (nSPS) is 11.0. The molecular weight excluding hydrogens is 501 g/mol. The predicted octanol–water partition coefficient (Wildman–Crippen LogP) is 4.90. The molecule has 2 aromatic carbocycles. The van der Waals surface area contributed by atoms with Gasteiger partial charge in [-0.05, 0) is 62.4 Å². The Kier molecular flexibility index (Phi) is 7.46. The first-order valence-corrected chi connectivity index (χ1v) is 11.1. The van der Waals surface area contributed by atoms with Crippen LogP contribution in [0, 0.1) is 13.8 Å². The molecule has 0 aliphatic rings. The van der Waals surface area contributed by atoms with Crippen LogP contribution in [0.4, 0.5) is 24.8 Å². The first-order chi connectivity index (χ1) is 18.1. The monoisotopic (exact) mass is 522 g/mol. The standard InChI is InChI=1S/C23H20N8.C2HF3O2/c1-16-26-17(2)31(29-16)20-9-7-19(8-10-20)27-23-24-13-11-22(28-23)18-5-3-6-21(15-18)30-14-4-12-25-30;3-2(4,5)1(6)7/h3-15H,1-2H3,(H,24,27,28);(H,6,7). The maximum atomic E-state index is 10.6. The first kappa shape index (κ1) is 26.0. The molecule has 38 heavy (non-hydrogen) atoms. The fraction of sp³-hybridized carbons (Fsp3) is 0.120.